The Balaban J connectivity index is 2.82. The van der Waals surface area contributed by atoms with Crippen LogP contribution in [0.3, 0.4) is 0 Å². The van der Waals surface area contributed by atoms with Gasteiger partial charge in [0.05, 0.1) is 17.3 Å². The Kier molecular flexibility index (Phi) is 2.65. The zero-order valence-electron chi connectivity index (χ0n) is 9.08. The average Bonchev–Trinajstić information content (AvgIpc) is 2.24. The molecular weight excluding hydrogens is 271 g/mol. The molecule has 1 heterocycles. The molecule has 0 fully saturated rings. The Morgan fingerprint density at radius 1 is 1.28 bits per heavy atom. The van der Waals surface area contributed by atoms with E-state index in [1.54, 1.807) is 0 Å². The third-order valence-electron chi connectivity index (χ3n) is 2.58. The molecule has 1 aliphatic rings. The molecule has 0 aliphatic carbocycles. The Hall–Kier alpha value is -1.57. The molecular formula is C10H8F3NO3S. The van der Waals surface area contributed by atoms with E-state index in [2.05, 4.69) is 5.32 Å². The third kappa shape index (κ3) is 1.76. The van der Waals surface area contributed by atoms with Gasteiger partial charge in [-0.2, -0.15) is 13.2 Å². The van der Waals surface area contributed by atoms with Gasteiger partial charge in [-0.15, -0.1) is 0 Å². The molecule has 0 amide bonds. The molecule has 0 aromatic heterocycles. The van der Waals surface area contributed by atoms with Crippen LogP contribution in [-0.2, 0) is 20.8 Å². The van der Waals surface area contributed by atoms with Crippen molar-refractivity contribution in [2.75, 3.05) is 5.32 Å². The number of hydrogen-bond acceptors (Lipinski definition) is 4. The van der Waals surface area contributed by atoms with Gasteiger partial charge in [0.25, 0.3) is 5.12 Å². The lowest BCUT2D eigenvalue weighted by molar-refractivity contribution is -0.139. The van der Waals surface area contributed by atoms with Crippen LogP contribution in [0.2, 0.25) is 0 Å². The summed E-state index contributed by atoms with van der Waals surface area (Å²) in [4.78, 5) is 10.5. The largest absolute Gasteiger partial charge is 0.417 e. The highest BCUT2D eigenvalue weighted by molar-refractivity contribution is 8.06. The Morgan fingerprint density at radius 3 is 2.44 bits per heavy atom. The van der Waals surface area contributed by atoms with Gasteiger partial charge in [0.15, 0.2) is 0 Å². The van der Waals surface area contributed by atoms with Gasteiger partial charge in [-0.3, -0.25) is 4.79 Å². The maximum atomic E-state index is 12.7. The molecule has 1 N–H and O–H groups in total. The van der Waals surface area contributed by atoms with Gasteiger partial charge in [-0.1, -0.05) is 6.07 Å². The topological polar surface area (TPSA) is 63.2 Å². The number of sulfone groups is 1. The molecule has 1 atom stereocenters. The highest BCUT2D eigenvalue weighted by atomic mass is 32.2. The highest BCUT2D eigenvalue weighted by Crippen LogP contribution is 2.40. The van der Waals surface area contributed by atoms with Crippen LogP contribution in [0.15, 0.2) is 23.1 Å². The predicted octanol–water partition coefficient (Wildman–Crippen LogP) is 1.82. The van der Waals surface area contributed by atoms with Gasteiger partial charge in [-0.05, 0) is 19.1 Å². The Labute approximate surface area is 101 Å². The second kappa shape index (κ2) is 3.71. The first kappa shape index (κ1) is 12.9. The van der Waals surface area contributed by atoms with Crippen molar-refractivity contribution in [3.63, 3.8) is 0 Å². The maximum absolute atomic E-state index is 12.7. The Bertz CT molecular complexity index is 622. The number of rotatable bonds is 0. The van der Waals surface area contributed by atoms with Crippen LogP contribution in [0.5, 0.6) is 0 Å². The van der Waals surface area contributed by atoms with Crippen LogP contribution >= 0.6 is 0 Å². The summed E-state index contributed by atoms with van der Waals surface area (Å²) >= 11 is 0. The molecule has 1 aromatic rings. The molecule has 0 saturated carbocycles. The van der Waals surface area contributed by atoms with Gasteiger partial charge in [0, 0.05) is 0 Å². The van der Waals surface area contributed by atoms with Gasteiger partial charge in [0.1, 0.15) is 4.90 Å². The lowest BCUT2D eigenvalue weighted by atomic mass is 10.1. The summed E-state index contributed by atoms with van der Waals surface area (Å²) in [5.41, 5.74) is -1.52. The molecule has 8 heteroatoms. The summed E-state index contributed by atoms with van der Waals surface area (Å²) in [6, 6.07) is 1.87. The molecule has 0 spiro atoms. The molecule has 1 aromatic carbocycles. The summed E-state index contributed by atoms with van der Waals surface area (Å²) < 4.78 is 61.8. The lowest BCUT2D eigenvalue weighted by Crippen LogP contribution is -2.38. The number of halogens is 3. The van der Waals surface area contributed by atoms with Crippen LogP contribution in [0.4, 0.5) is 18.9 Å². The van der Waals surface area contributed by atoms with Crippen LogP contribution < -0.4 is 5.32 Å². The molecule has 1 unspecified atom stereocenters. The number of carbonyl (C=O) groups is 1. The first-order valence-corrected chi connectivity index (χ1v) is 6.39. The van der Waals surface area contributed by atoms with E-state index in [4.69, 9.17) is 0 Å². The van der Waals surface area contributed by atoms with Crippen molar-refractivity contribution in [1.82, 2.24) is 0 Å². The summed E-state index contributed by atoms with van der Waals surface area (Å²) in [5.74, 6) is 0. The van der Waals surface area contributed by atoms with Crippen LogP contribution in [-0.4, -0.2) is 19.6 Å². The van der Waals surface area contributed by atoms with Crippen molar-refractivity contribution in [3.8, 4) is 0 Å². The molecule has 0 radical (unpaired) electrons. The minimum atomic E-state index is -4.83. The molecule has 0 saturated heterocycles. The molecule has 1 aliphatic heterocycles. The smallest absolute Gasteiger partial charge is 0.373 e. The predicted molar refractivity (Wildman–Crippen MR) is 56.7 cm³/mol. The molecule has 98 valence electrons. The first-order chi connectivity index (χ1) is 8.15. The zero-order valence-corrected chi connectivity index (χ0v) is 9.89. The monoisotopic (exact) mass is 279 g/mol. The quantitative estimate of drug-likeness (QED) is 0.787. The number of carbonyl (C=O) groups excluding carboxylic acids is 1. The van der Waals surface area contributed by atoms with E-state index in [0.29, 0.717) is 6.07 Å². The molecule has 0 bridgehead atoms. The van der Waals surface area contributed by atoms with Gasteiger partial charge in [-0.25, -0.2) is 8.42 Å². The average molecular weight is 279 g/mol. The minimum Gasteiger partial charge on any atom is -0.373 e. The van der Waals surface area contributed by atoms with E-state index < -0.39 is 37.6 Å². The number of benzene rings is 1. The normalized spacial score (nSPS) is 22.2. The summed E-state index contributed by atoms with van der Waals surface area (Å²) in [6.45, 7) is 1.28. The highest BCUT2D eigenvalue weighted by Gasteiger charge is 2.45. The third-order valence-corrected chi connectivity index (χ3v) is 4.44. The Morgan fingerprint density at radius 2 is 1.89 bits per heavy atom. The summed E-state index contributed by atoms with van der Waals surface area (Å²) in [7, 11) is -4.61. The number of fused-ring (bicyclic) bond motifs is 1. The standard InChI is InChI=1S/C10H8F3NO3S/c1-5-9(15)18(16,17)8-6(10(11,12)13)3-2-4-7(8)14-5/h2-5,14H,1H3. The van der Waals surface area contributed by atoms with Crippen molar-refractivity contribution in [3.05, 3.63) is 23.8 Å². The minimum absolute atomic E-state index is 0.197. The van der Waals surface area contributed by atoms with Crippen LogP contribution in [0.1, 0.15) is 12.5 Å². The van der Waals surface area contributed by atoms with Crippen molar-refractivity contribution >= 4 is 20.6 Å². The number of alkyl halides is 3. The zero-order chi connectivity index (χ0) is 13.7. The van der Waals surface area contributed by atoms with E-state index in [1.807, 2.05) is 0 Å². The van der Waals surface area contributed by atoms with E-state index in [0.717, 1.165) is 6.07 Å². The van der Waals surface area contributed by atoms with E-state index in [9.17, 15) is 26.4 Å². The second-order valence-corrected chi connectivity index (χ2v) is 5.69. The van der Waals surface area contributed by atoms with Gasteiger partial charge in [0.2, 0.25) is 9.84 Å². The van der Waals surface area contributed by atoms with Crippen LogP contribution in [0.25, 0.3) is 0 Å². The van der Waals surface area contributed by atoms with Gasteiger partial charge >= 0.3 is 6.18 Å². The SMILES string of the molecule is CC1Nc2cccc(C(F)(F)F)c2S(=O)(=O)C1=O. The fourth-order valence-corrected chi connectivity index (χ4v) is 3.40. The van der Waals surface area contributed by atoms with Crippen LogP contribution in [0, 0.1) is 0 Å². The lowest BCUT2D eigenvalue weighted by Gasteiger charge is -2.25. The van der Waals surface area contributed by atoms with E-state index in [1.165, 1.54) is 13.0 Å². The van der Waals surface area contributed by atoms with E-state index in [-0.39, 0.29) is 5.69 Å². The fraction of sp³-hybridized carbons (Fsp3) is 0.300. The summed E-state index contributed by atoms with van der Waals surface area (Å²) in [5, 5.41) is 1.19. The second-order valence-electron chi connectivity index (χ2n) is 3.87. The number of hydrogen-bond donors (Lipinski definition) is 1. The first-order valence-electron chi connectivity index (χ1n) is 4.91. The fourth-order valence-electron chi connectivity index (χ4n) is 1.79. The number of anilines is 1. The van der Waals surface area contributed by atoms with Crippen molar-refractivity contribution < 1.29 is 26.4 Å². The van der Waals surface area contributed by atoms with E-state index >= 15 is 0 Å². The van der Waals surface area contributed by atoms with Crippen molar-refractivity contribution in [1.29, 1.82) is 0 Å². The summed E-state index contributed by atoms with van der Waals surface area (Å²) in [6.07, 6.45) is -4.83. The molecule has 4 nitrogen and oxygen atoms in total. The molecule has 2 rings (SSSR count). The maximum Gasteiger partial charge on any atom is 0.417 e. The molecule has 18 heavy (non-hydrogen) atoms. The number of nitrogens with one attached hydrogen (secondary N) is 1. The van der Waals surface area contributed by atoms with Gasteiger partial charge < -0.3 is 5.32 Å². The van der Waals surface area contributed by atoms with Crippen molar-refractivity contribution in [2.24, 2.45) is 0 Å². The van der Waals surface area contributed by atoms with Crippen molar-refractivity contribution in [2.45, 2.75) is 24.0 Å².